The van der Waals surface area contributed by atoms with E-state index < -0.39 is 41.2 Å². The summed E-state index contributed by atoms with van der Waals surface area (Å²) >= 11 is 0. The van der Waals surface area contributed by atoms with Gasteiger partial charge in [0, 0.05) is 5.69 Å². The van der Waals surface area contributed by atoms with Crippen LogP contribution < -0.4 is 15.0 Å². The van der Waals surface area contributed by atoms with Crippen LogP contribution in [0.25, 0.3) is 0 Å². The molecule has 0 saturated carbocycles. The highest BCUT2D eigenvalue weighted by atomic mass is 19.1. The summed E-state index contributed by atoms with van der Waals surface area (Å²) in [7, 11) is 0. The predicted octanol–water partition coefficient (Wildman–Crippen LogP) is 2.93. The summed E-state index contributed by atoms with van der Waals surface area (Å²) in [5, 5.41) is 13.7. The van der Waals surface area contributed by atoms with E-state index in [0.29, 0.717) is 12.3 Å². The van der Waals surface area contributed by atoms with Gasteiger partial charge in [0.15, 0.2) is 0 Å². The predicted molar refractivity (Wildman–Crippen MR) is 108 cm³/mol. The first-order chi connectivity index (χ1) is 14.7. The van der Waals surface area contributed by atoms with Gasteiger partial charge in [0.05, 0.1) is 17.6 Å². The summed E-state index contributed by atoms with van der Waals surface area (Å²) in [4.78, 5) is 50.2. The second-order valence-corrected chi connectivity index (χ2v) is 6.65. The van der Waals surface area contributed by atoms with Crippen LogP contribution in [0.1, 0.15) is 13.8 Å². The van der Waals surface area contributed by atoms with Crippen molar-refractivity contribution in [2.75, 3.05) is 23.4 Å². The number of hydrogen-bond donors (Lipinski definition) is 1. The fraction of sp³-hybridized carbons (Fsp3) is 0.250. The number of nitrogens with zero attached hydrogens (tertiary/aromatic N) is 3. The first kappa shape index (κ1) is 21.7. The van der Waals surface area contributed by atoms with Crippen molar-refractivity contribution in [2.45, 2.75) is 19.9 Å². The monoisotopic (exact) mass is 430 g/mol. The molecule has 10 nitrogen and oxygen atoms in total. The first-order valence-electron chi connectivity index (χ1n) is 9.34. The van der Waals surface area contributed by atoms with Crippen LogP contribution in [0.4, 0.5) is 26.2 Å². The molecule has 0 radical (unpaired) electrons. The zero-order valence-electron chi connectivity index (χ0n) is 16.7. The molecule has 0 spiro atoms. The van der Waals surface area contributed by atoms with Gasteiger partial charge in [-0.25, -0.2) is 9.18 Å². The molecule has 11 heteroatoms. The topological polar surface area (TPSA) is 122 Å². The number of nitro groups is 1. The second kappa shape index (κ2) is 8.78. The molecule has 1 unspecified atom stereocenters. The molecule has 31 heavy (non-hydrogen) atoms. The van der Waals surface area contributed by atoms with E-state index in [1.54, 1.807) is 6.92 Å². The standard InChI is InChI=1S/C20H19FN4O6/c1-3-31-15-8-9-16(17(10-15)25(29)30)22-18(26)11-23-19(27)12(2)24(20(23)28)14-6-4-13(21)5-7-14/h4-10,12H,3,11H2,1-2H3,(H,22,26). The van der Waals surface area contributed by atoms with Crippen LogP contribution in [-0.4, -0.2) is 46.9 Å². The third kappa shape index (κ3) is 4.44. The summed E-state index contributed by atoms with van der Waals surface area (Å²) in [6.07, 6.45) is 0. The molecule has 162 valence electrons. The molecular formula is C20H19FN4O6. The number of hydrogen-bond acceptors (Lipinski definition) is 6. The lowest BCUT2D eigenvalue weighted by Crippen LogP contribution is -2.39. The van der Waals surface area contributed by atoms with Gasteiger partial charge in [-0.2, -0.15) is 0 Å². The Morgan fingerprint density at radius 2 is 1.90 bits per heavy atom. The SMILES string of the molecule is CCOc1ccc(NC(=O)CN2C(=O)C(C)N(c3ccc(F)cc3)C2=O)c([N+](=O)[O-])c1. The molecule has 1 saturated heterocycles. The fourth-order valence-electron chi connectivity index (χ4n) is 3.17. The summed E-state index contributed by atoms with van der Waals surface area (Å²) in [6.45, 7) is 2.88. The van der Waals surface area contributed by atoms with Crippen molar-refractivity contribution in [1.82, 2.24) is 4.90 Å². The van der Waals surface area contributed by atoms with Crippen LogP contribution in [0.3, 0.4) is 0 Å². The number of nitrogens with one attached hydrogen (secondary N) is 1. The zero-order valence-corrected chi connectivity index (χ0v) is 16.7. The van der Waals surface area contributed by atoms with Gasteiger partial charge < -0.3 is 10.1 Å². The molecule has 1 atom stereocenters. The van der Waals surface area contributed by atoms with Crippen LogP contribution in [0.15, 0.2) is 42.5 Å². The van der Waals surface area contributed by atoms with E-state index in [1.165, 1.54) is 37.3 Å². The van der Waals surface area contributed by atoms with E-state index in [9.17, 15) is 28.9 Å². The maximum absolute atomic E-state index is 13.2. The average molecular weight is 430 g/mol. The number of ether oxygens (including phenoxy) is 1. The smallest absolute Gasteiger partial charge is 0.332 e. The normalized spacial score (nSPS) is 15.9. The van der Waals surface area contributed by atoms with Gasteiger partial charge in [-0.05, 0) is 50.2 Å². The van der Waals surface area contributed by atoms with E-state index in [4.69, 9.17) is 4.74 Å². The number of benzene rings is 2. The van der Waals surface area contributed by atoms with E-state index in [0.717, 1.165) is 21.9 Å². The lowest BCUT2D eigenvalue weighted by atomic mass is 10.2. The zero-order chi connectivity index (χ0) is 22.7. The Bertz CT molecular complexity index is 1040. The number of anilines is 2. The number of rotatable bonds is 7. The van der Waals surface area contributed by atoms with Crippen LogP contribution in [0, 0.1) is 15.9 Å². The lowest BCUT2D eigenvalue weighted by molar-refractivity contribution is -0.384. The fourth-order valence-corrected chi connectivity index (χ4v) is 3.17. The van der Waals surface area contributed by atoms with Crippen molar-refractivity contribution in [3.05, 3.63) is 58.4 Å². The summed E-state index contributed by atoms with van der Waals surface area (Å²) < 4.78 is 18.4. The largest absolute Gasteiger partial charge is 0.494 e. The first-order valence-corrected chi connectivity index (χ1v) is 9.34. The Labute approximate surface area is 176 Å². The van der Waals surface area contributed by atoms with Crippen LogP contribution >= 0.6 is 0 Å². The van der Waals surface area contributed by atoms with Crippen molar-refractivity contribution in [2.24, 2.45) is 0 Å². The second-order valence-electron chi connectivity index (χ2n) is 6.65. The van der Waals surface area contributed by atoms with Crippen molar-refractivity contribution in [1.29, 1.82) is 0 Å². The number of amides is 4. The van der Waals surface area contributed by atoms with Gasteiger partial charge in [-0.1, -0.05) is 0 Å². The van der Waals surface area contributed by atoms with Gasteiger partial charge in [-0.3, -0.25) is 29.5 Å². The summed E-state index contributed by atoms with van der Waals surface area (Å²) in [5.41, 5.74) is -0.182. The third-order valence-electron chi connectivity index (χ3n) is 4.61. The van der Waals surface area contributed by atoms with E-state index >= 15 is 0 Å². The van der Waals surface area contributed by atoms with Crippen LogP contribution in [-0.2, 0) is 9.59 Å². The van der Waals surface area contributed by atoms with Crippen molar-refractivity contribution in [3.8, 4) is 5.75 Å². The molecule has 4 amide bonds. The van der Waals surface area contributed by atoms with E-state index in [1.807, 2.05) is 0 Å². The highest BCUT2D eigenvalue weighted by molar-refractivity contribution is 6.16. The maximum atomic E-state index is 13.2. The van der Waals surface area contributed by atoms with Crippen molar-refractivity contribution in [3.63, 3.8) is 0 Å². The highest BCUT2D eigenvalue weighted by Crippen LogP contribution is 2.30. The quantitative estimate of drug-likeness (QED) is 0.409. The number of imide groups is 1. The molecule has 0 aromatic heterocycles. The molecule has 1 N–H and O–H groups in total. The van der Waals surface area contributed by atoms with Gasteiger partial charge in [0.2, 0.25) is 5.91 Å². The van der Waals surface area contributed by atoms with Crippen LogP contribution in [0.2, 0.25) is 0 Å². The highest BCUT2D eigenvalue weighted by Gasteiger charge is 2.44. The molecule has 1 aliphatic rings. The summed E-state index contributed by atoms with van der Waals surface area (Å²) in [6, 6.07) is 7.29. The minimum Gasteiger partial charge on any atom is -0.494 e. The third-order valence-corrected chi connectivity index (χ3v) is 4.61. The molecule has 1 aliphatic heterocycles. The summed E-state index contributed by atoms with van der Waals surface area (Å²) in [5.74, 6) is -1.64. The number of urea groups is 1. The number of carbonyl (C=O) groups excluding carboxylic acids is 3. The molecule has 3 rings (SSSR count). The molecule has 1 heterocycles. The molecule has 0 aliphatic carbocycles. The lowest BCUT2D eigenvalue weighted by Gasteiger charge is -2.19. The Hall–Kier alpha value is -4.02. The Kier molecular flexibility index (Phi) is 6.14. The molecule has 1 fully saturated rings. The van der Waals surface area contributed by atoms with E-state index in [-0.39, 0.29) is 17.1 Å². The van der Waals surface area contributed by atoms with Crippen LogP contribution in [0.5, 0.6) is 5.75 Å². The van der Waals surface area contributed by atoms with Gasteiger partial charge in [0.1, 0.15) is 29.8 Å². The molecule has 0 bridgehead atoms. The van der Waals surface area contributed by atoms with Crippen molar-refractivity contribution >= 4 is 34.9 Å². The molecular weight excluding hydrogens is 411 g/mol. The molecule has 2 aromatic rings. The van der Waals surface area contributed by atoms with Gasteiger partial charge in [0.25, 0.3) is 11.6 Å². The Morgan fingerprint density at radius 3 is 2.52 bits per heavy atom. The van der Waals surface area contributed by atoms with Gasteiger partial charge in [-0.15, -0.1) is 0 Å². The molecule has 2 aromatic carbocycles. The maximum Gasteiger partial charge on any atom is 0.332 e. The Balaban J connectivity index is 1.76. The number of nitro benzene ring substituents is 1. The van der Waals surface area contributed by atoms with E-state index in [2.05, 4.69) is 5.32 Å². The minimum absolute atomic E-state index is 0.0963. The van der Waals surface area contributed by atoms with Gasteiger partial charge >= 0.3 is 6.03 Å². The minimum atomic E-state index is -0.898. The van der Waals surface area contributed by atoms with Crippen molar-refractivity contribution < 1.29 is 28.4 Å². The number of carbonyl (C=O) groups is 3. The number of halogens is 1. The Morgan fingerprint density at radius 1 is 1.23 bits per heavy atom. The average Bonchev–Trinajstić information content (AvgIpc) is 2.93.